The molecule has 0 bridgehead atoms. The number of hydrogen-bond acceptors (Lipinski definition) is 7. The SMILES string of the molecule is CC(OCCC(C)(C)O)OC(=O)c1cccc(-c2noc(-c3ccccc3F)n2)c1. The normalized spacial score (nSPS) is 12.6. The number of ether oxygens (including phenoxy) is 2. The maximum absolute atomic E-state index is 13.9. The zero-order valence-corrected chi connectivity index (χ0v) is 17.0. The molecule has 0 aliphatic rings. The number of aromatic nitrogens is 2. The topological polar surface area (TPSA) is 94.7 Å². The second kappa shape index (κ2) is 9.15. The molecule has 1 aromatic heterocycles. The number of rotatable bonds is 8. The van der Waals surface area contributed by atoms with E-state index >= 15 is 0 Å². The number of carbonyl (C=O) groups is 1. The highest BCUT2D eigenvalue weighted by Crippen LogP contribution is 2.25. The molecule has 1 atom stereocenters. The Kier molecular flexibility index (Phi) is 6.59. The van der Waals surface area contributed by atoms with Crippen LogP contribution in [0.3, 0.4) is 0 Å². The number of benzene rings is 2. The van der Waals surface area contributed by atoms with Crippen LogP contribution < -0.4 is 0 Å². The van der Waals surface area contributed by atoms with Gasteiger partial charge in [0, 0.05) is 5.56 Å². The van der Waals surface area contributed by atoms with Gasteiger partial charge in [-0.1, -0.05) is 29.4 Å². The Labute approximate surface area is 173 Å². The largest absolute Gasteiger partial charge is 0.432 e. The van der Waals surface area contributed by atoms with Crippen LogP contribution in [0.5, 0.6) is 0 Å². The molecule has 0 aliphatic carbocycles. The fourth-order valence-electron chi connectivity index (χ4n) is 2.60. The van der Waals surface area contributed by atoms with E-state index < -0.39 is 23.7 Å². The highest BCUT2D eigenvalue weighted by atomic mass is 19.1. The van der Waals surface area contributed by atoms with Gasteiger partial charge in [0.05, 0.1) is 23.3 Å². The monoisotopic (exact) mass is 414 g/mol. The van der Waals surface area contributed by atoms with E-state index in [9.17, 15) is 14.3 Å². The molecule has 8 heteroatoms. The van der Waals surface area contributed by atoms with Crippen molar-refractivity contribution in [3.05, 3.63) is 59.9 Å². The van der Waals surface area contributed by atoms with Gasteiger partial charge in [-0.3, -0.25) is 0 Å². The lowest BCUT2D eigenvalue weighted by atomic mass is 10.1. The molecular formula is C22H23FN2O5. The molecule has 0 fully saturated rings. The first-order chi connectivity index (χ1) is 14.2. The molecule has 30 heavy (non-hydrogen) atoms. The fourth-order valence-corrected chi connectivity index (χ4v) is 2.60. The van der Waals surface area contributed by atoms with Crippen LogP contribution in [-0.2, 0) is 9.47 Å². The minimum atomic E-state index is -0.857. The van der Waals surface area contributed by atoms with Gasteiger partial charge < -0.3 is 19.1 Å². The van der Waals surface area contributed by atoms with Crippen LogP contribution in [0.1, 0.15) is 37.6 Å². The summed E-state index contributed by atoms with van der Waals surface area (Å²) in [5, 5.41) is 13.6. The molecule has 0 spiro atoms. The molecule has 3 aromatic rings. The zero-order chi connectivity index (χ0) is 21.7. The summed E-state index contributed by atoms with van der Waals surface area (Å²) in [5.74, 6) is -0.781. The molecule has 0 radical (unpaired) electrons. The van der Waals surface area contributed by atoms with E-state index in [0.29, 0.717) is 12.0 Å². The average Bonchev–Trinajstić information content (AvgIpc) is 3.17. The van der Waals surface area contributed by atoms with E-state index in [0.717, 1.165) is 0 Å². The number of halogens is 1. The number of esters is 1. The van der Waals surface area contributed by atoms with Crippen LogP contribution in [-0.4, -0.2) is 39.7 Å². The molecule has 3 rings (SSSR count). The second-order valence-electron chi connectivity index (χ2n) is 7.39. The summed E-state index contributed by atoms with van der Waals surface area (Å²) >= 11 is 0. The molecular weight excluding hydrogens is 391 g/mol. The molecule has 1 heterocycles. The molecule has 158 valence electrons. The Morgan fingerprint density at radius 2 is 2.00 bits per heavy atom. The van der Waals surface area contributed by atoms with Gasteiger partial charge in [-0.05, 0) is 51.5 Å². The van der Waals surface area contributed by atoms with Crippen LogP contribution in [0.2, 0.25) is 0 Å². The third kappa shape index (κ3) is 5.71. The summed E-state index contributed by atoms with van der Waals surface area (Å²) in [6.07, 6.45) is -0.367. The van der Waals surface area contributed by atoms with Crippen molar-refractivity contribution in [3.8, 4) is 22.8 Å². The van der Waals surface area contributed by atoms with Gasteiger partial charge in [-0.2, -0.15) is 4.98 Å². The summed E-state index contributed by atoms with van der Waals surface area (Å²) < 4.78 is 29.8. The van der Waals surface area contributed by atoms with Gasteiger partial charge in [-0.25, -0.2) is 9.18 Å². The smallest absolute Gasteiger partial charge is 0.340 e. The average molecular weight is 414 g/mol. The van der Waals surface area contributed by atoms with Crippen molar-refractivity contribution < 1.29 is 28.3 Å². The van der Waals surface area contributed by atoms with Gasteiger partial charge in [0.2, 0.25) is 5.82 Å². The van der Waals surface area contributed by atoms with Gasteiger partial charge >= 0.3 is 5.97 Å². The molecule has 0 saturated heterocycles. The molecule has 0 amide bonds. The van der Waals surface area contributed by atoms with E-state index in [2.05, 4.69) is 10.1 Å². The lowest BCUT2D eigenvalue weighted by Gasteiger charge is -2.19. The number of carbonyl (C=O) groups excluding carboxylic acids is 1. The van der Waals surface area contributed by atoms with Crippen LogP contribution in [0.4, 0.5) is 4.39 Å². The first-order valence-electron chi connectivity index (χ1n) is 9.47. The summed E-state index contributed by atoms with van der Waals surface area (Å²) in [5.41, 5.74) is 0.141. The Morgan fingerprint density at radius 3 is 2.73 bits per heavy atom. The van der Waals surface area contributed by atoms with Crippen molar-refractivity contribution in [2.24, 2.45) is 0 Å². The van der Waals surface area contributed by atoms with E-state index in [1.165, 1.54) is 6.07 Å². The van der Waals surface area contributed by atoms with Gasteiger partial charge in [0.25, 0.3) is 5.89 Å². The zero-order valence-electron chi connectivity index (χ0n) is 17.0. The van der Waals surface area contributed by atoms with Crippen LogP contribution >= 0.6 is 0 Å². The maximum atomic E-state index is 13.9. The first-order valence-corrected chi connectivity index (χ1v) is 9.47. The Hall–Kier alpha value is -3.10. The highest BCUT2D eigenvalue weighted by molar-refractivity contribution is 5.90. The first kappa shape index (κ1) is 21.6. The predicted molar refractivity (Wildman–Crippen MR) is 107 cm³/mol. The van der Waals surface area contributed by atoms with E-state index in [1.54, 1.807) is 63.2 Å². The number of aliphatic hydroxyl groups is 1. The van der Waals surface area contributed by atoms with E-state index in [-0.39, 0.29) is 29.4 Å². The van der Waals surface area contributed by atoms with Crippen LogP contribution in [0.15, 0.2) is 53.1 Å². The van der Waals surface area contributed by atoms with Crippen molar-refractivity contribution >= 4 is 5.97 Å². The van der Waals surface area contributed by atoms with Crippen molar-refractivity contribution in [1.82, 2.24) is 10.1 Å². The fraction of sp³-hybridized carbons (Fsp3) is 0.318. The van der Waals surface area contributed by atoms with Gasteiger partial charge in [-0.15, -0.1) is 0 Å². The lowest BCUT2D eigenvalue weighted by molar-refractivity contribution is -0.108. The van der Waals surface area contributed by atoms with E-state index in [4.69, 9.17) is 14.0 Å². The molecule has 0 saturated carbocycles. The second-order valence-corrected chi connectivity index (χ2v) is 7.39. The van der Waals surface area contributed by atoms with Crippen LogP contribution in [0.25, 0.3) is 22.8 Å². The maximum Gasteiger partial charge on any atom is 0.340 e. The van der Waals surface area contributed by atoms with Gasteiger partial charge in [0.15, 0.2) is 6.29 Å². The van der Waals surface area contributed by atoms with Crippen molar-refractivity contribution in [2.75, 3.05) is 6.61 Å². The Bertz CT molecular complexity index is 1010. The van der Waals surface area contributed by atoms with Crippen molar-refractivity contribution in [3.63, 3.8) is 0 Å². The van der Waals surface area contributed by atoms with Gasteiger partial charge in [0.1, 0.15) is 5.82 Å². The van der Waals surface area contributed by atoms with Crippen molar-refractivity contribution in [1.29, 1.82) is 0 Å². The molecule has 1 unspecified atom stereocenters. The number of hydrogen-bond donors (Lipinski definition) is 1. The molecule has 2 aromatic carbocycles. The molecule has 1 N–H and O–H groups in total. The Morgan fingerprint density at radius 1 is 1.23 bits per heavy atom. The molecule has 0 aliphatic heterocycles. The third-order valence-electron chi connectivity index (χ3n) is 4.23. The highest BCUT2D eigenvalue weighted by Gasteiger charge is 2.18. The summed E-state index contributed by atoms with van der Waals surface area (Å²) in [6, 6.07) is 12.6. The minimum absolute atomic E-state index is 0.0462. The van der Waals surface area contributed by atoms with E-state index in [1.807, 2.05) is 0 Å². The Balaban J connectivity index is 1.68. The number of nitrogens with zero attached hydrogens (tertiary/aromatic N) is 2. The molecule has 7 nitrogen and oxygen atoms in total. The quantitative estimate of drug-likeness (QED) is 0.435. The predicted octanol–water partition coefficient (Wildman–Crippen LogP) is 4.22. The van der Waals surface area contributed by atoms with Crippen molar-refractivity contribution in [2.45, 2.75) is 39.1 Å². The summed E-state index contributed by atoms with van der Waals surface area (Å²) in [7, 11) is 0. The lowest BCUT2D eigenvalue weighted by Crippen LogP contribution is -2.24. The standard InChI is InChI=1S/C22H23FN2O5/c1-14(28-12-11-22(2,3)27)29-21(26)16-8-6-7-15(13-16)19-24-20(30-25-19)17-9-4-5-10-18(17)23/h4-10,13-14,27H,11-12H2,1-3H3. The summed E-state index contributed by atoms with van der Waals surface area (Å²) in [6.45, 7) is 5.20. The minimum Gasteiger partial charge on any atom is -0.432 e. The van der Waals surface area contributed by atoms with Crippen LogP contribution in [0, 0.1) is 5.82 Å². The summed E-state index contributed by atoms with van der Waals surface area (Å²) in [4.78, 5) is 16.6. The third-order valence-corrected chi connectivity index (χ3v) is 4.23.